The number of hydrogen-bond donors (Lipinski definition) is 1. The Morgan fingerprint density at radius 1 is 1.47 bits per heavy atom. The van der Waals surface area contributed by atoms with E-state index < -0.39 is 17.5 Å². The summed E-state index contributed by atoms with van der Waals surface area (Å²) in [6.45, 7) is 1.89. The van der Waals surface area contributed by atoms with Gasteiger partial charge in [0.25, 0.3) is 5.91 Å². The molecule has 5 heteroatoms. The average molecular weight is 262 g/mol. The molecule has 17 heavy (non-hydrogen) atoms. The van der Waals surface area contributed by atoms with Crippen molar-refractivity contribution in [2.45, 2.75) is 25.8 Å². The van der Waals surface area contributed by atoms with Crippen LogP contribution in [-0.2, 0) is 0 Å². The predicted octanol–water partition coefficient (Wildman–Crippen LogP) is 3.10. The molecule has 1 rings (SSSR count). The molecule has 0 bridgehead atoms. The van der Waals surface area contributed by atoms with Crippen LogP contribution < -0.4 is 5.32 Å². The van der Waals surface area contributed by atoms with Gasteiger partial charge in [0.05, 0.1) is 5.56 Å². The van der Waals surface area contributed by atoms with E-state index in [1.807, 2.05) is 6.92 Å². The number of amides is 1. The molecule has 1 unspecified atom stereocenters. The molecule has 0 radical (unpaired) electrons. The van der Waals surface area contributed by atoms with Gasteiger partial charge in [-0.05, 0) is 25.0 Å². The molecule has 1 amide bonds. The Bertz CT molecular complexity index is 398. The normalized spacial score (nSPS) is 12.2. The van der Waals surface area contributed by atoms with E-state index in [1.165, 1.54) is 12.1 Å². The first-order valence-electron chi connectivity index (χ1n) is 5.41. The first kappa shape index (κ1) is 13.9. The van der Waals surface area contributed by atoms with Crippen LogP contribution in [0.1, 0.15) is 30.1 Å². The highest BCUT2D eigenvalue weighted by atomic mass is 35.5. The molecular formula is C12H14ClF2NO. The molecule has 0 spiro atoms. The summed E-state index contributed by atoms with van der Waals surface area (Å²) in [7, 11) is 0. The van der Waals surface area contributed by atoms with Crippen LogP contribution in [0.25, 0.3) is 0 Å². The SMILES string of the molecule is CCC(CCCl)NC(=O)c1cccc(F)c1F. The van der Waals surface area contributed by atoms with Gasteiger partial charge in [-0.25, -0.2) is 8.78 Å². The summed E-state index contributed by atoms with van der Waals surface area (Å²) in [4.78, 5) is 11.7. The molecule has 0 aliphatic rings. The number of hydrogen-bond acceptors (Lipinski definition) is 1. The predicted molar refractivity (Wildman–Crippen MR) is 63.2 cm³/mol. The zero-order valence-electron chi connectivity index (χ0n) is 9.47. The molecule has 0 saturated carbocycles. The van der Waals surface area contributed by atoms with Crippen molar-refractivity contribution in [2.24, 2.45) is 0 Å². The van der Waals surface area contributed by atoms with E-state index in [-0.39, 0.29) is 11.6 Å². The van der Waals surface area contributed by atoms with Crippen molar-refractivity contribution in [1.82, 2.24) is 5.32 Å². The Balaban J connectivity index is 2.79. The molecule has 0 aromatic heterocycles. The summed E-state index contributed by atoms with van der Waals surface area (Å²) >= 11 is 5.58. The minimum Gasteiger partial charge on any atom is -0.349 e. The summed E-state index contributed by atoms with van der Waals surface area (Å²) in [6.07, 6.45) is 1.29. The van der Waals surface area contributed by atoms with Crippen molar-refractivity contribution in [3.8, 4) is 0 Å². The summed E-state index contributed by atoms with van der Waals surface area (Å²) in [6, 6.07) is 3.40. The second-order valence-corrected chi connectivity index (χ2v) is 4.04. The van der Waals surface area contributed by atoms with Crippen LogP contribution in [0.15, 0.2) is 18.2 Å². The Hall–Kier alpha value is -1.16. The van der Waals surface area contributed by atoms with Crippen LogP contribution in [-0.4, -0.2) is 17.8 Å². The highest BCUT2D eigenvalue weighted by molar-refractivity contribution is 6.17. The van der Waals surface area contributed by atoms with Crippen molar-refractivity contribution in [1.29, 1.82) is 0 Å². The minimum absolute atomic E-state index is 0.123. The van der Waals surface area contributed by atoms with Gasteiger partial charge in [-0.2, -0.15) is 0 Å². The Morgan fingerprint density at radius 2 is 2.18 bits per heavy atom. The second kappa shape index (κ2) is 6.55. The van der Waals surface area contributed by atoms with Gasteiger partial charge in [0.15, 0.2) is 11.6 Å². The zero-order valence-corrected chi connectivity index (χ0v) is 10.2. The van der Waals surface area contributed by atoms with Crippen molar-refractivity contribution >= 4 is 17.5 Å². The molecule has 1 atom stereocenters. The fraction of sp³-hybridized carbons (Fsp3) is 0.417. The van der Waals surface area contributed by atoms with Gasteiger partial charge in [-0.15, -0.1) is 11.6 Å². The number of alkyl halides is 1. The molecule has 0 aliphatic heterocycles. The van der Waals surface area contributed by atoms with Crippen LogP contribution in [0.5, 0.6) is 0 Å². The van der Waals surface area contributed by atoms with Gasteiger partial charge in [0.1, 0.15) is 0 Å². The number of halogens is 3. The van der Waals surface area contributed by atoms with E-state index in [1.54, 1.807) is 0 Å². The zero-order chi connectivity index (χ0) is 12.8. The fourth-order valence-corrected chi connectivity index (χ4v) is 1.72. The Labute approximate surface area is 104 Å². The Kier molecular flexibility index (Phi) is 5.35. The fourth-order valence-electron chi connectivity index (χ4n) is 1.45. The van der Waals surface area contributed by atoms with Crippen molar-refractivity contribution < 1.29 is 13.6 Å². The van der Waals surface area contributed by atoms with Crippen molar-refractivity contribution in [3.05, 3.63) is 35.4 Å². The van der Waals surface area contributed by atoms with Crippen molar-refractivity contribution in [2.75, 3.05) is 5.88 Å². The molecule has 0 fully saturated rings. The van der Waals surface area contributed by atoms with Crippen LogP contribution >= 0.6 is 11.6 Å². The number of benzene rings is 1. The third kappa shape index (κ3) is 3.66. The van der Waals surface area contributed by atoms with Gasteiger partial charge in [0, 0.05) is 11.9 Å². The summed E-state index contributed by atoms with van der Waals surface area (Å²) in [5, 5.41) is 2.62. The van der Waals surface area contributed by atoms with Gasteiger partial charge >= 0.3 is 0 Å². The molecule has 2 nitrogen and oxygen atoms in total. The molecule has 0 saturated heterocycles. The summed E-state index contributed by atoms with van der Waals surface area (Å²) < 4.78 is 26.3. The van der Waals surface area contributed by atoms with E-state index in [4.69, 9.17) is 11.6 Å². The minimum atomic E-state index is -1.12. The van der Waals surface area contributed by atoms with E-state index in [0.717, 1.165) is 6.07 Å². The van der Waals surface area contributed by atoms with E-state index >= 15 is 0 Å². The standard InChI is InChI=1S/C12H14ClF2NO/c1-2-8(6-7-13)16-12(17)9-4-3-5-10(14)11(9)15/h3-5,8H,2,6-7H2,1H3,(H,16,17). The number of rotatable bonds is 5. The maximum absolute atomic E-state index is 13.3. The smallest absolute Gasteiger partial charge is 0.254 e. The van der Waals surface area contributed by atoms with Crippen LogP contribution in [0.4, 0.5) is 8.78 Å². The van der Waals surface area contributed by atoms with Crippen LogP contribution in [0.2, 0.25) is 0 Å². The number of carbonyl (C=O) groups is 1. The number of nitrogens with one attached hydrogen (secondary N) is 1. The van der Waals surface area contributed by atoms with Gasteiger partial charge < -0.3 is 5.32 Å². The highest BCUT2D eigenvalue weighted by Gasteiger charge is 2.17. The lowest BCUT2D eigenvalue weighted by Crippen LogP contribution is -2.35. The molecule has 0 heterocycles. The molecular weight excluding hydrogens is 248 g/mol. The molecule has 1 N–H and O–H groups in total. The first-order chi connectivity index (χ1) is 8.10. The van der Waals surface area contributed by atoms with E-state index in [0.29, 0.717) is 18.7 Å². The van der Waals surface area contributed by atoms with Gasteiger partial charge in [-0.3, -0.25) is 4.79 Å². The average Bonchev–Trinajstić information content (AvgIpc) is 2.31. The monoisotopic (exact) mass is 261 g/mol. The van der Waals surface area contributed by atoms with Crippen LogP contribution in [0.3, 0.4) is 0 Å². The maximum Gasteiger partial charge on any atom is 0.254 e. The summed E-state index contributed by atoms with van der Waals surface area (Å²) in [5.41, 5.74) is -0.280. The first-order valence-corrected chi connectivity index (χ1v) is 5.94. The van der Waals surface area contributed by atoms with E-state index in [2.05, 4.69) is 5.32 Å². The maximum atomic E-state index is 13.3. The van der Waals surface area contributed by atoms with Crippen LogP contribution in [0, 0.1) is 11.6 Å². The molecule has 1 aromatic carbocycles. The quantitative estimate of drug-likeness (QED) is 0.811. The van der Waals surface area contributed by atoms with Crippen molar-refractivity contribution in [3.63, 3.8) is 0 Å². The number of carbonyl (C=O) groups excluding carboxylic acids is 1. The third-order valence-corrected chi connectivity index (χ3v) is 2.70. The third-order valence-electron chi connectivity index (χ3n) is 2.48. The second-order valence-electron chi connectivity index (χ2n) is 3.66. The topological polar surface area (TPSA) is 29.1 Å². The van der Waals surface area contributed by atoms with Gasteiger partial charge in [0.2, 0.25) is 0 Å². The lowest BCUT2D eigenvalue weighted by atomic mass is 10.1. The lowest BCUT2D eigenvalue weighted by molar-refractivity contribution is 0.0930. The largest absolute Gasteiger partial charge is 0.349 e. The van der Waals surface area contributed by atoms with Gasteiger partial charge in [-0.1, -0.05) is 13.0 Å². The molecule has 1 aromatic rings. The Morgan fingerprint density at radius 3 is 2.76 bits per heavy atom. The highest BCUT2D eigenvalue weighted by Crippen LogP contribution is 2.12. The molecule has 0 aliphatic carbocycles. The molecule has 94 valence electrons. The van der Waals surface area contributed by atoms with E-state index in [9.17, 15) is 13.6 Å². The summed E-state index contributed by atoms with van der Waals surface area (Å²) in [5.74, 6) is -2.35. The lowest BCUT2D eigenvalue weighted by Gasteiger charge is -2.15.